The van der Waals surface area contributed by atoms with E-state index in [-0.39, 0.29) is 23.8 Å². The van der Waals surface area contributed by atoms with Gasteiger partial charge in [-0.15, -0.1) is 0 Å². The van der Waals surface area contributed by atoms with Crippen LogP contribution in [0.4, 0.5) is 0 Å². The third-order valence-electron chi connectivity index (χ3n) is 5.03. The molecule has 5 nitrogen and oxygen atoms in total. The zero-order valence-electron chi connectivity index (χ0n) is 15.8. The number of hydrogen-bond donors (Lipinski definition) is 0. The Bertz CT molecular complexity index is 581. The van der Waals surface area contributed by atoms with E-state index in [1.165, 1.54) is 0 Å². The molecule has 0 aromatic heterocycles. The summed E-state index contributed by atoms with van der Waals surface area (Å²) in [5.41, 5.74) is 1.01. The number of rotatable bonds is 8. The molecule has 1 aliphatic heterocycles. The minimum Gasteiger partial charge on any atom is -0.497 e. The van der Waals surface area contributed by atoms with Crippen LogP contribution in [0.5, 0.6) is 5.75 Å². The minimum atomic E-state index is -0.308. The zero-order chi connectivity index (χ0) is 18.4. The lowest BCUT2D eigenvalue weighted by Gasteiger charge is -2.31. The predicted molar refractivity (Wildman–Crippen MR) is 98.4 cm³/mol. The maximum absolute atomic E-state index is 13.0. The molecule has 0 saturated carbocycles. The van der Waals surface area contributed by atoms with E-state index in [2.05, 4.69) is 6.92 Å². The van der Waals surface area contributed by atoms with Crippen molar-refractivity contribution in [1.82, 2.24) is 9.80 Å². The normalized spacial score (nSPS) is 20.0. The van der Waals surface area contributed by atoms with E-state index in [9.17, 15) is 9.59 Å². The van der Waals surface area contributed by atoms with Crippen LogP contribution in [0.3, 0.4) is 0 Å². The maximum atomic E-state index is 13.0. The first-order chi connectivity index (χ1) is 12.1. The molecule has 1 fully saturated rings. The average molecular weight is 346 g/mol. The van der Waals surface area contributed by atoms with Gasteiger partial charge >= 0.3 is 0 Å². The number of carbonyl (C=O) groups excluding carboxylic acids is 2. The van der Waals surface area contributed by atoms with Crippen molar-refractivity contribution in [2.24, 2.45) is 5.92 Å². The van der Waals surface area contributed by atoms with E-state index in [0.29, 0.717) is 26.1 Å². The van der Waals surface area contributed by atoms with Gasteiger partial charge in [0.1, 0.15) is 5.75 Å². The largest absolute Gasteiger partial charge is 0.497 e. The first kappa shape index (κ1) is 19.3. The highest BCUT2D eigenvalue weighted by Gasteiger charge is 2.45. The quantitative estimate of drug-likeness (QED) is 0.726. The van der Waals surface area contributed by atoms with Crippen LogP contribution in [0.25, 0.3) is 0 Å². The van der Waals surface area contributed by atoms with E-state index in [1.54, 1.807) is 7.11 Å². The molecule has 0 radical (unpaired) electrons. The van der Waals surface area contributed by atoms with Crippen LogP contribution in [0.15, 0.2) is 24.3 Å². The van der Waals surface area contributed by atoms with Gasteiger partial charge in [0.2, 0.25) is 11.8 Å². The van der Waals surface area contributed by atoms with Crippen molar-refractivity contribution in [3.8, 4) is 5.75 Å². The molecule has 1 saturated heterocycles. The van der Waals surface area contributed by atoms with Gasteiger partial charge in [-0.2, -0.15) is 0 Å². The van der Waals surface area contributed by atoms with Crippen LogP contribution in [-0.4, -0.2) is 48.4 Å². The highest BCUT2D eigenvalue weighted by Crippen LogP contribution is 2.39. The zero-order valence-corrected chi connectivity index (χ0v) is 15.8. The second kappa shape index (κ2) is 8.88. The Morgan fingerprint density at radius 3 is 2.36 bits per heavy atom. The standard InChI is InChI=1S/C20H30N2O3/c1-5-8-13-22-18(23)14-17(20(24)21(6-2)7-3)19(22)15-9-11-16(25-4)12-10-15/h9-12,17,19H,5-8,13-14H2,1-4H3/t17-,19+/m0/s1. The van der Waals surface area contributed by atoms with Crippen molar-refractivity contribution < 1.29 is 14.3 Å². The number of hydrogen-bond acceptors (Lipinski definition) is 3. The van der Waals surface area contributed by atoms with Crippen LogP contribution in [0.2, 0.25) is 0 Å². The Morgan fingerprint density at radius 2 is 1.84 bits per heavy atom. The van der Waals surface area contributed by atoms with Gasteiger partial charge in [0.15, 0.2) is 0 Å². The van der Waals surface area contributed by atoms with Crippen molar-refractivity contribution in [1.29, 1.82) is 0 Å². The van der Waals surface area contributed by atoms with Gasteiger partial charge in [-0.1, -0.05) is 25.5 Å². The number of methoxy groups -OCH3 is 1. The molecule has 2 amide bonds. The molecule has 0 bridgehead atoms. The molecular weight excluding hydrogens is 316 g/mol. The summed E-state index contributed by atoms with van der Waals surface area (Å²) in [6, 6.07) is 7.56. The number of nitrogens with zero attached hydrogens (tertiary/aromatic N) is 2. The molecule has 25 heavy (non-hydrogen) atoms. The van der Waals surface area contributed by atoms with E-state index >= 15 is 0 Å². The molecule has 2 atom stereocenters. The number of unbranched alkanes of at least 4 members (excludes halogenated alkanes) is 1. The summed E-state index contributed by atoms with van der Waals surface area (Å²) in [5, 5.41) is 0. The molecule has 0 aliphatic carbocycles. The summed E-state index contributed by atoms with van der Waals surface area (Å²) in [6.07, 6.45) is 2.27. The number of amides is 2. The van der Waals surface area contributed by atoms with Crippen molar-refractivity contribution in [2.75, 3.05) is 26.7 Å². The summed E-state index contributed by atoms with van der Waals surface area (Å²) < 4.78 is 5.24. The molecule has 138 valence electrons. The Morgan fingerprint density at radius 1 is 1.20 bits per heavy atom. The number of ether oxygens (including phenoxy) is 1. The van der Waals surface area contributed by atoms with E-state index in [1.807, 2.05) is 47.9 Å². The minimum absolute atomic E-state index is 0.0816. The molecule has 1 heterocycles. The van der Waals surface area contributed by atoms with Gasteiger partial charge in [-0.3, -0.25) is 9.59 Å². The van der Waals surface area contributed by atoms with Gasteiger partial charge < -0.3 is 14.5 Å². The molecule has 1 aliphatic rings. The van der Waals surface area contributed by atoms with Gasteiger partial charge in [0, 0.05) is 26.1 Å². The van der Waals surface area contributed by atoms with Gasteiger partial charge in [0.05, 0.1) is 19.1 Å². The highest BCUT2D eigenvalue weighted by molar-refractivity contribution is 5.90. The van der Waals surface area contributed by atoms with Crippen LogP contribution in [-0.2, 0) is 9.59 Å². The lowest BCUT2D eigenvalue weighted by Crippen LogP contribution is -2.39. The monoisotopic (exact) mass is 346 g/mol. The first-order valence-electron chi connectivity index (χ1n) is 9.29. The maximum Gasteiger partial charge on any atom is 0.228 e. The molecule has 0 spiro atoms. The molecule has 0 N–H and O–H groups in total. The summed E-state index contributed by atoms with van der Waals surface area (Å²) in [7, 11) is 1.63. The highest BCUT2D eigenvalue weighted by atomic mass is 16.5. The van der Waals surface area contributed by atoms with Crippen molar-refractivity contribution >= 4 is 11.8 Å². The van der Waals surface area contributed by atoms with Crippen molar-refractivity contribution in [3.63, 3.8) is 0 Å². The van der Waals surface area contributed by atoms with Crippen LogP contribution in [0, 0.1) is 5.92 Å². The fourth-order valence-electron chi connectivity index (χ4n) is 3.59. The summed E-state index contributed by atoms with van der Waals surface area (Å²) in [4.78, 5) is 29.4. The Hall–Kier alpha value is -2.04. The molecule has 5 heteroatoms. The van der Waals surface area contributed by atoms with E-state index < -0.39 is 0 Å². The third kappa shape index (κ3) is 4.14. The fourth-order valence-corrected chi connectivity index (χ4v) is 3.59. The average Bonchev–Trinajstić information content (AvgIpc) is 2.97. The van der Waals surface area contributed by atoms with Crippen molar-refractivity contribution in [3.05, 3.63) is 29.8 Å². The van der Waals surface area contributed by atoms with Crippen molar-refractivity contribution in [2.45, 2.75) is 46.1 Å². The first-order valence-corrected chi connectivity index (χ1v) is 9.29. The molecule has 1 aromatic carbocycles. The van der Waals surface area contributed by atoms with E-state index in [0.717, 1.165) is 24.2 Å². The summed E-state index contributed by atoms with van der Waals surface area (Å²) in [5.74, 6) is 0.635. The lowest BCUT2D eigenvalue weighted by atomic mass is 9.92. The topological polar surface area (TPSA) is 49.9 Å². The number of carbonyl (C=O) groups is 2. The predicted octanol–water partition coefficient (Wildman–Crippen LogP) is 3.25. The smallest absolute Gasteiger partial charge is 0.228 e. The number of benzene rings is 1. The fraction of sp³-hybridized carbons (Fsp3) is 0.600. The summed E-state index contributed by atoms with van der Waals surface area (Å²) >= 11 is 0. The van der Waals surface area contributed by atoms with Crippen LogP contribution < -0.4 is 4.74 Å². The Balaban J connectivity index is 2.35. The Labute approximate surface area is 150 Å². The molecule has 0 unspecified atom stereocenters. The number of likely N-dealkylation sites (tertiary alicyclic amines) is 1. The van der Waals surface area contributed by atoms with Gasteiger partial charge in [-0.05, 0) is 38.0 Å². The van der Waals surface area contributed by atoms with E-state index in [4.69, 9.17) is 4.74 Å². The molecule has 2 rings (SSSR count). The lowest BCUT2D eigenvalue weighted by molar-refractivity contribution is -0.136. The van der Waals surface area contributed by atoms with Gasteiger partial charge in [-0.25, -0.2) is 0 Å². The van der Waals surface area contributed by atoms with Crippen LogP contribution >= 0.6 is 0 Å². The van der Waals surface area contributed by atoms with Gasteiger partial charge in [0.25, 0.3) is 0 Å². The molecular formula is C20H30N2O3. The second-order valence-electron chi connectivity index (χ2n) is 6.48. The summed E-state index contributed by atoms with van der Waals surface area (Å²) in [6.45, 7) is 8.12. The second-order valence-corrected chi connectivity index (χ2v) is 6.48. The third-order valence-corrected chi connectivity index (χ3v) is 5.03. The Kier molecular flexibility index (Phi) is 6.85. The van der Waals surface area contributed by atoms with Crippen LogP contribution in [0.1, 0.15) is 51.6 Å². The molecule has 1 aromatic rings. The SMILES string of the molecule is CCCCN1C(=O)C[C@H](C(=O)N(CC)CC)[C@H]1c1ccc(OC)cc1.